The van der Waals surface area contributed by atoms with E-state index in [9.17, 15) is 30.0 Å². The first kappa shape index (κ1) is 21.3. The number of fused-ring (bicyclic) bond motifs is 3. The second-order valence-corrected chi connectivity index (χ2v) is 8.43. The summed E-state index contributed by atoms with van der Waals surface area (Å²) in [4.78, 5) is 24.6. The predicted octanol–water partition coefficient (Wildman–Crippen LogP) is -0.334. The highest BCUT2D eigenvalue weighted by atomic mass is 35.5. The Morgan fingerprint density at radius 3 is 2.68 bits per heavy atom. The van der Waals surface area contributed by atoms with Crippen molar-refractivity contribution in [2.24, 2.45) is 17.8 Å². The lowest BCUT2D eigenvalue weighted by Crippen LogP contribution is -2.53. The van der Waals surface area contributed by atoms with Crippen LogP contribution in [0.1, 0.15) is 19.8 Å². The van der Waals surface area contributed by atoms with Crippen LogP contribution in [0, 0.1) is 17.8 Å². The molecule has 156 valence electrons. The van der Waals surface area contributed by atoms with Crippen LogP contribution in [0.5, 0.6) is 0 Å². The Bertz CT molecular complexity index is 719. The minimum absolute atomic E-state index is 0.0587. The molecule has 8 atom stereocenters. The van der Waals surface area contributed by atoms with Gasteiger partial charge < -0.3 is 29.9 Å². The average Bonchev–Trinajstić information content (AvgIpc) is 3.04. The van der Waals surface area contributed by atoms with Crippen LogP contribution in [-0.4, -0.2) is 74.4 Å². The van der Waals surface area contributed by atoms with Crippen LogP contribution >= 0.6 is 11.6 Å². The first-order valence-corrected chi connectivity index (χ1v) is 9.59. The molecule has 3 fully saturated rings. The number of hydrogen-bond donors (Lipinski definition) is 4. The number of esters is 2. The van der Waals surface area contributed by atoms with E-state index < -0.39 is 65.8 Å². The SMILES string of the molecule is C=C1C(=O)O[C@H]2[C@H]1[C@@H](OC(=O)[C@@](C)(O)CCl)CC(=C)[C@@H]1C[C@H](O)[C@](O)(CO)[C@H]21. The van der Waals surface area contributed by atoms with Crippen molar-refractivity contribution in [1.29, 1.82) is 0 Å². The summed E-state index contributed by atoms with van der Waals surface area (Å²) >= 11 is 5.63. The third-order valence-corrected chi connectivity index (χ3v) is 6.80. The van der Waals surface area contributed by atoms with Crippen molar-refractivity contribution >= 4 is 23.5 Å². The first-order valence-electron chi connectivity index (χ1n) is 9.06. The summed E-state index contributed by atoms with van der Waals surface area (Å²) in [7, 11) is 0. The molecule has 1 saturated heterocycles. The Labute approximate surface area is 167 Å². The van der Waals surface area contributed by atoms with Crippen LogP contribution in [0.4, 0.5) is 0 Å². The fraction of sp³-hybridized carbons (Fsp3) is 0.684. The van der Waals surface area contributed by atoms with Gasteiger partial charge in [0.1, 0.15) is 17.8 Å². The van der Waals surface area contributed by atoms with Gasteiger partial charge in [-0.1, -0.05) is 18.7 Å². The normalized spacial score (nSPS) is 42.3. The molecule has 1 heterocycles. The van der Waals surface area contributed by atoms with Gasteiger partial charge in [-0.3, -0.25) is 0 Å². The lowest BCUT2D eigenvalue weighted by Gasteiger charge is -2.37. The maximum Gasteiger partial charge on any atom is 0.339 e. The minimum atomic E-state index is -1.92. The summed E-state index contributed by atoms with van der Waals surface area (Å²) < 4.78 is 10.9. The standard InChI is InChI=1S/C19H25ClO8/c1-8-4-11(27-17(24)18(3,25)6-20)13-9(2)16(23)28-15(13)14-10(8)5-12(22)19(14,26)7-21/h10-15,21-22,25-26H,1-2,4-7H2,3H3/t10-,11-,12-,13+,14-,15-,18-,19+/m0/s1. The van der Waals surface area contributed by atoms with E-state index in [0.29, 0.717) is 5.57 Å². The van der Waals surface area contributed by atoms with Gasteiger partial charge in [0.05, 0.1) is 24.5 Å². The number of carbonyl (C=O) groups excluding carboxylic acids is 2. The zero-order chi connectivity index (χ0) is 21.0. The molecule has 4 N–H and O–H groups in total. The van der Waals surface area contributed by atoms with E-state index in [1.165, 1.54) is 6.92 Å². The summed E-state index contributed by atoms with van der Waals surface area (Å²) in [6, 6.07) is 0. The van der Waals surface area contributed by atoms with E-state index in [4.69, 9.17) is 21.1 Å². The summed E-state index contributed by atoms with van der Waals surface area (Å²) in [5.41, 5.74) is -3.19. The Hall–Kier alpha value is -1.45. The van der Waals surface area contributed by atoms with Crippen LogP contribution in [0.2, 0.25) is 0 Å². The van der Waals surface area contributed by atoms with Crippen LogP contribution in [-0.2, 0) is 19.1 Å². The number of hydrogen-bond acceptors (Lipinski definition) is 8. The number of halogens is 1. The topological polar surface area (TPSA) is 134 Å². The second kappa shape index (κ2) is 7.11. The van der Waals surface area contributed by atoms with Crippen molar-refractivity contribution in [3.63, 3.8) is 0 Å². The molecule has 0 spiro atoms. The summed E-state index contributed by atoms with van der Waals surface area (Å²) in [5.74, 6) is -4.17. The van der Waals surface area contributed by atoms with Crippen molar-refractivity contribution in [2.75, 3.05) is 12.5 Å². The third kappa shape index (κ3) is 3.07. The third-order valence-electron chi connectivity index (χ3n) is 6.28. The van der Waals surface area contributed by atoms with E-state index in [1.54, 1.807) is 0 Å². The molecular weight excluding hydrogens is 392 g/mol. The lowest BCUT2D eigenvalue weighted by molar-refractivity contribution is -0.174. The van der Waals surface area contributed by atoms with Gasteiger partial charge in [0.25, 0.3) is 0 Å². The van der Waals surface area contributed by atoms with Gasteiger partial charge in [0, 0.05) is 17.9 Å². The summed E-state index contributed by atoms with van der Waals surface area (Å²) in [6.07, 6.45) is -2.89. The highest BCUT2D eigenvalue weighted by molar-refractivity contribution is 6.20. The molecule has 0 aromatic carbocycles. The molecule has 0 aromatic rings. The Kier molecular flexibility index (Phi) is 5.40. The Balaban J connectivity index is 2.01. The molecule has 0 radical (unpaired) electrons. The van der Waals surface area contributed by atoms with Crippen molar-refractivity contribution in [2.45, 2.75) is 49.3 Å². The first-order chi connectivity index (χ1) is 13.0. The molecular formula is C19H25ClO8. The van der Waals surface area contributed by atoms with Crippen molar-refractivity contribution in [3.05, 3.63) is 24.3 Å². The fourth-order valence-corrected chi connectivity index (χ4v) is 4.73. The number of aliphatic hydroxyl groups excluding tert-OH is 2. The average molecular weight is 417 g/mol. The van der Waals surface area contributed by atoms with Crippen LogP contribution in [0.15, 0.2) is 24.3 Å². The van der Waals surface area contributed by atoms with Crippen molar-refractivity contribution in [3.8, 4) is 0 Å². The number of carbonyl (C=O) groups is 2. The number of alkyl halides is 1. The maximum atomic E-state index is 12.4. The highest BCUT2D eigenvalue weighted by Gasteiger charge is 2.64. The van der Waals surface area contributed by atoms with Gasteiger partial charge in [-0.25, -0.2) is 9.59 Å². The molecule has 28 heavy (non-hydrogen) atoms. The molecule has 1 aliphatic heterocycles. The molecule has 0 bridgehead atoms. The van der Waals surface area contributed by atoms with E-state index >= 15 is 0 Å². The van der Waals surface area contributed by atoms with Gasteiger partial charge in [-0.05, 0) is 19.3 Å². The van der Waals surface area contributed by atoms with Crippen LogP contribution in [0.3, 0.4) is 0 Å². The highest BCUT2D eigenvalue weighted by Crippen LogP contribution is 2.54. The van der Waals surface area contributed by atoms with Gasteiger partial charge in [0.2, 0.25) is 0 Å². The monoisotopic (exact) mass is 416 g/mol. The molecule has 3 rings (SSSR count). The Morgan fingerprint density at radius 1 is 1.46 bits per heavy atom. The van der Waals surface area contributed by atoms with Crippen molar-refractivity contribution in [1.82, 2.24) is 0 Å². The molecule has 2 saturated carbocycles. The zero-order valence-corrected chi connectivity index (χ0v) is 16.3. The molecule has 3 aliphatic rings. The smallest absolute Gasteiger partial charge is 0.339 e. The number of rotatable bonds is 4. The van der Waals surface area contributed by atoms with Gasteiger partial charge in [0.15, 0.2) is 5.60 Å². The molecule has 9 heteroatoms. The van der Waals surface area contributed by atoms with E-state index in [-0.39, 0.29) is 24.3 Å². The predicted molar refractivity (Wildman–Crippen MR) is 97.1 cm³/mol. The molecule has 0 amide bonds. The van der Waals surface area contributed by atoms with E-state index in [0.717, 1.165) is 0 Å². The molecule has 2 aliphatic carbocycles. The Morgan fingerprint density at radius 2 is 2.11 bits per heavy atom. The van der Waals surface area contributed by atoms with Gasteiger partial charge >= 0.3 is 11.9 Å². The quantitative estimate of drug-likeness (QED) is 0.212. The summed E-state index contributed by atoms with van der Waals surface area (Å²) in [6.45, 7) is 8.23. The second-order valence-electron chi connectivity index (χ2n) is 8.17. The maximum absolute atomic E-state index is 12.4. The van der Waals surface area contributed by atoms with Crippen molar-refractivity contribution < 1.29 is 39.5 Å². The number of aliphatic hydroxyl groups is 4. The van der Waals surface area contributed by atoms with Crippen LogP contribution in [0.25, 0.3) is 0 Å². The van der Waals surface area contributed by atoms with Gasteiger partial charge in [-0.15, -0.1) is 11.6 Å². The van der Waals surface area contributed by atoms with E-state index in [2.05, 4.69) is 13.2 Å². The molecule has 0 unspecified atom stereocenters. The summed E-state index contributed by atoms with van der Waals surface area (Å²) in [5, 5.41) is 41.1. The molecule has 8 nitrogen and oxygen atoms in total. The zero-order valence-electron chi connectivity index (χ0n) is 15.5. The molecule has 0 aromatic heterocycles. The van der Waals surface area contributed by atoms with E-state index in [1.807, 2.05) is 0 Å². The lowest BCUT2D eigenvalue weighted by atomic mass is 9.76. The fourth-order valence-electron chi connectivity index (χ4n) is 4.62. The minimum Gasteiger partial charge on any atom is -0.459 e. The van der Waals surface area contributed by atoms with Crippen LogP contribution < -0.4 is 0 Å². The number of ether oxygens (including phenoxy) is 2. The van der Waals surface area contributed by atoms with Gasteiger partial charge in [-0.2, -0.15) is 0 Å². The largest absolute Gasteiger partial charge is 0.459 e.